The number of hydrogen-bond acceptors (Lipinski definition) is 3. The minimum Gasteiger partial charge on any atom is -0.380 e. The van der Waals surface area contributed by atoms with Gasteiger partial charge in [-0.25, -0.2) is 0 Å². The van der Waals surface area contributed by atoms with Crippen LogP contribution < -0.4 is 11.5 Å². The average molecular weight is 158 g/mol. The Bertz CT molecular complexity index is 98.3. The standard InChI is InChI=1S/C4H9NO.C4H9N/c5-4-1-2-6-3-4;5-3-4-1-2-4/h4H,1-3,5H2;4H,1-3,5H2. The first kappa shape index (κ1) is 8.97. The van der Waals surface area contributed by atoms with E-state index in [4.69, 9.17) is 16.2 Å². The minimum absolute atomic E-state index is 0.324. The lowest BCUT2D eigenvalue weighted by Gasteiger charge is -1.90. The summed E-state index contributed by atoms with van der Waals surface area (Å²) in [6.45, 7) is 2.54. The van der Waals surface area contributed by atoms with Gasteiger partial charge >= 0.3 is 0 Å². The van der Waals surface area contributed by atoms with Gasteiger partial charge in [0.15, 0.2) is 0 Å². The van der Waals surface area contributed by atoms with E-state index in [1.807, 2.05) is 0 Å². The van der Waals surface area contributed by atoms with Gasteiger partial charge < -0.3 is 16.2 Å². The van der Waals surface area contributed by atoms with Crippen LogP contribution in [0, 0.1) is 5.92 Å². The summed E-state index contributed by atoms with van der Waals surface area (Å²) >= 11 is 0. The smallest absolute Gasteiger partial charge is 0.0618 e. The second kappa shape index (κ2) is 4.70. The van der Waals surface area contributed by atoms with Gasteiger partial charge in [-0.3, -0.25) is 0 Å². The van der Waals surface area contributed by atoms with Crippen molar-refractivity contribution in [1.82, 2.24) is 0 Å². The zero-order chi connectivity index (χ0) is 8.10. The molecule has 0 spiro atoms. The van der Waals surface area contributed by atoms with E-state index in [1.165, 1.54) is 12.8 Å². The summed E-state index contributed by atoms with van der Waals surface area (Å²) in [6.07, 6.45) is 3.81. The molecule has 3 heteroatoms. The molecule has 4 N–H and O–H groups in total. The maximum atomic E-state index is 5.41. The fourth-order valence-electron chi connectivity index (χ4n) is 0.906. The first-order valence-corrected chi connectivity index (χ1v) is 4.36. The van der Waals surface area contributed by atoms with Gasteiger partial charge in [0.05, 0.1) is 6.61 Å². The molecule has 1 heterocycles. The van der Waals surface area contributed by atoms with E-state index in [-0.39, 0.29) is 0 Å². The molecule has 1 aliphatic carbocycles. The van der Waals surface area contributed by atoms with Crippen molar-refractivity contribution in [2.45, 2.75) is 25.3 Å². The third kappa shape index (κ3) is 4.35. The van der Waals surface area contributed by atoms with Gasteiger partial charge in [-0.2, -0.15) is 0 Å². The van der Waals surface area contributed by atoms with E-state index in [2.05, 4.69) is 0 Å². The molecule has 0 radical (unpaired) electrons. The van der Waals surface area contributed by atoms with Gasteiger partial charge in [0.1, 0.15) is 0 Å². The van der Waals surface area contributed by atoms with Crippen molar-refractivity contribution in [3.05, 3.63) is 0 Å². The van der Waals surface area contributed by atoms with Gasteiger partial charge in [0.25, 0.3) is 0 Å². The lowest BCUT2D eigenvalue weighted by Crippen LogP contribution is -2.18. The third-order valence-corrected chi connectivity index (χ3v) is 2.00. The predicted octanol–water partition coefficient (Wildman–Crippen LogP) is 0.0891. The summed E-state index contributed by atoms with van der Waals surface area (Å²) in [5, 5.41) is 0. The molecule has 0 bridgehead atoms. The molecule has 0 aromatic carbocycles. The highest BCUT2D eigenvalue weighted by Crippen LogP contribution is 2.26. The summed E-state index contributed by atoms with van der Waals surface area (Å²) in [7, 11) is 0. The quantitative estimate of drug-likeness (QED) is 0.568. The minimum atomic E-state index is 0.324. The summed E-state index contributed by atoms with van der Waals surface area (Å²) in [6, 6.07) is 0.324. The summed E-state index contributed by atoms with van der Waals surface area (Å²) in [5.74, 6) is 0.912. The number of ether oxygens (including phenoxy) is 1. The molecule has 0 aromatic rings. The molecule has 1 aliphatic heterocycles. The van der Waals surface area contributed by atoms with Crippen LogP contribution in [0.2, 0.25) is 0 Å². The van der Waals surface area contributed by atoms with Crippen LogP contribution in [0.5, 0.6) is 0 Å². The first-order chi connectivity index (χ1) is 5.33. The van der Waals surface area contributed by atoms with Gasteiger partial charge in [-0.05, 0) is 31.7 Å². The lowest BCUT2D eigenvalue weighted by atomic mass is 10.3. The third-order valence-electron chi connectivity index (χ3n) is 2.00. The Morgan fingerprint density at radius 3 is 2.09 bits per heavy atom. The van der Waals surface area contributed by atoms with Crippen LogP contribution in [-0.2, 0) is 4.74 Å². The number of hydrogen-bond donors (Lipinski definition) is 2. The van der Waals surface area contributed by atoms with E-state index in [0.717, 1.165) is 32.1 Å². The highest BCUT2D eigenvalue weighted by molar-refractivity contribution is 4.72. The lowest BCUT2D eigenvalue weighted by molar-refractivity contribution is 0.194. The van der Waals surface area contributed by atoms with E-state index in [9.17, 15) is 0 Å². The van der Waals surface area contributed by atoms with Crippen molar-refractivity contribution >= 4 is 0 Å². The number of rotatable bonds is 1. The maximum Gasteiger partial charge on any atom is 0.0618 e. The van der Waals surface area contributed by atoms with Crippen LogP contribution in [0.1, 0.15) is 19.3 Å². The summed E-state index contributed by atoms with van der Waals surface area (Å²) in [5.41, 5.74) is 10.6. The van der Waals surface area contributed by atoms with Crippen molar-refractivity contribution in [3.63, 3.8) is 0 Å². The van der Waals surface area contributed by atoms with E-state index < -0.39 is 0 Å². The predicted molar refractivity (Wildman–Crippen MR) is 45.2 cm³/mol. The molecule has 2 fully saturated rings. The average Bonchev–Trinajstić information content (AvgIpc) is 2.75. The first-order valence-electron chi connectivity index (χ1n) is 4.36. The zero-order valence-corrected chi connectivity index (χ0v) is 6.96. The monoisotopic (exact) mass is 158 g/mol. The van der Waals surface area contributed by atoms with Gasteiger partial charge in [-0.15, -0.1) is 0 Å². The van der Waals surface area contributed by atoms with E-state index in [0.29, 0.717) is 6.04 Å². The van der Waals surface area contributed by atoms with E-state index >= 15 is 0 Å². The Balaban J connectivity index is 0.000000112. The maximum absolute atomic E-state index is 5.41. The molecule has 0 amide bonds. The Kier molecular flexibility index (Phi) is 3.83. The van der Waals surface area contributed by atoms with Crippen LogP contribution in [0.4, 0.5) is 0 Å². The Hall–Kier alpha value is -0.120. The molecule has 66 valence electrons. The molecule has 3 nitrogen and oxygen atoms in total. The van der Waals surface area contributed by atoms with Crippen LogP contribution in [0.25, 0.3) is 0 Å². The second-order valence-electron chi connectivity index (χ2n) is 3.30. The van der Waals surface area contributed by atoms with Crippen molar-refractivity contribution < 1.29 is 4.74 Å². The summed E-state index contributed by atoms with van der Waals surface area (Å²) in [4.78, 5) is 0. The second-order valence-corrected chi connectivity index (χ2v) is 3.30. The van der Waals surface area contributed by atoms with Crippen LogP contribution in [0.15, 0.2) is 0 Å². The number of nitrogens with two attached hydrogens (primary N) is 2. The highest BCUT2D eigenvalue weighted by atomic mass is 16.5. The molecule has 1 saturated heterocycles. The Morgan fingerprint density at radius 2 is 2.00 bits per heavy atom. The van der Waals surface area contributed by atoms with Crippen molar-refractivity contribution in [1.29, 1.82) is 0 Å². The molecule has 11 heavy (non-hydrogen) atoms. The zero-order valence-electron chi connectivity index (χ0n) is 6.96. The van der Waals surface area contributed by atoms with Crippen LogP contribution >= 0.6 is 0 Å². The normalized spacial score (nSPS) is 29.5. The Labute approximate surface area is 68.1 Å². The Morgan fingerprint density at radius 1 is 1.27 bits per heavy atom. The summed E-state index contributed by atoms with van der Waals surface area (Å²) < 4.78 is 4.93. The molecular weight excluding hydrogens is 140 g/mol. The van der Waals surface area contributed by atoms with Crippen molar-refractivity contribution in [2.75, 3.05) is 19.8 Å². The largest absolute Gasteiger partial charge is 0.380 e. The fourth-order valence-corrected chi connectivity index (χ4v) is 0.906. The molecule has 2 rings (SSSR count). The molecule has 1 unspecified atom stereocenters. The topological polar surface area (TPSA) is 61.3 Å². The van der Waals surface area contributed by atoms with Gasteiger partial charge in [0.2, 0.25) is 0 Å². The van der Waals surface area contributed by atoms with Crippen LogP contribution in [0.3, 0.4) is 0 Å². The van der Waals surface area contributed by atoms with E-state index in [1.54, 1.807) is 0 Å². The van der Waals surface area contributed by atoms with Crippen LogP contribution in [-0.4, -0.2) is 25.8 Å². The fraction of sp³-hybridized carbons (Fsp3) is 1.00. The molecule has 0 aromatic heterocycles. The SMILES string of the molecule is NC1CCOC1.NCC1CC1. The van der Waals surface area contributed by atoms with Gasteiger partial charge in [-0.1, -0.05) is 0 Å². The van der Waals surface area contributed by atoms with Gasteiger partial charge in [0, 0.05) is 12.6 Å². The molecule has 1 saturated carbocycles. The highest BCUT2D eigenvalue weighted by Gasteiger charge is 2.17. The molecule has 1 atom stereocenters. The molecule has 2 aliphatic rings. The van der Waals surface area contributed by atoms with Crippen molar-refractivity contribution in [3.8, 4) is 0 Å². The molecular formula is C8H18N2O. The van der Waals surface area contributed by atoms with Crippen molar-refractivity contribution in [2.24, 2.45) is 17.4 Å².